The van der Waals surface area contributed by atoms with Crippen molar-refractivity contribution in [2.45, 2.75) is 19.5 Å². The van der Waals surface area contributed by atoms with E-state index in [4.69, 9.17) is 5.73 Å². The van der Waals surface area contributed by atoms with Gasteiger partial charge in [-0.2, -0.15) is 0 Å². The molecule has 0 fully saturated rings. The molecule has 0 saturated heterocycles. The minimum absolute atomic E-state index is 0.154. The molecule has 0 radical (unpaired) electrons. The highest BCUT2D eigenvalue weighted by molar-refractivity contribution is 9.10. The topological polar surface area (TPSA) is 69.6 Å². The van der Waals surface area contributed by atoms with Crippen molar-refractivity contribution < 1.29 is 0 Å². The number of aromatic nitrogens is 4. The van der Waals surface area contributed by atoms with Crippen LogP contribution in [0, 0.1) is 0 Å². The second-order valence-corrected chi connectivity index (χ2v) is 5.03. The van der Waals surface area contributed by atoms with E-state index >= 15 is 0 Å². The van der Waals surface area contributed by atoms with Gasteiger partial charge in [0.2, 0.25) is 0 Å². The number of nitrogens with zero attached hydrogens (tertiary/aromatic N) is 4. The van der Waals surface area contributed by atoms with E-state index in [-0.39, 0.29) is 6.04 Å². The summed E-state index contributed by atoms with van der Waals surface area (Å²) < 4.78 is 2.81. The van der Waals surface area contributed by atoms with Crippen molar-refractivity contribution in [3.05, 3.63) is 26.6 Å². The highest BCUT2D eigenvalue weighted by atomic mass is 79.9. The third-order valence-corrected chi connectivity index (χ3v) is 3.86. The van der Waals surface area contributed by atoms with Gasteiger partial charge in [0.1, 0.15) is 0 Å². The Labute approximate surface area is 99.4 Å². The fourth-order valence-electron chi connectivity index (χ4n) is 1.22. The predicted octanol–water partition coefficient (Wildman–Crippen LogP) is 1.57. The van der Waals surface area contributed by atoms with Crippen molar-refractivity contribution in [3.8, 4) is 0 Å². The first-order valence-electron chi connectivity index (χ1n) is 4.42. The second-order valence-electron chi connectivity index (χ2n) is 3.18. The highest BCUT2D eigenvalue weighted by Gasteiger charge is 2.12. The lowest BCUT2D eigenvalue weighted by atomic mass is 10.3. The molecule has 80 valence electrons. The molecule has 2 heterocycles. The van der Waals surface area contributed by atoms with E-state index in [1.54, 1.807) is 16.0 Å². The molecule has 2 aromatic rings. The van der Waals surface area contributed by atoms with Gasteiger partial charge >= 0.3 is 0 Å². The van der Waals surface area contributed by atoms with Gasteiger partial charge in [-0.15, -0.1) is 16.4 Å². The zero-order valence-electron chi connectivity index (χ0n) is 8.09. The summed E-state index contributed by atoms with van der Waals surface area (Å²) in [6.07, 6.45) is 0. The molecule has 0 aliphatic heterocycles. The van der Waals surface area contributed by atoms with Gasteiger partial charge < -0.3 is 5.73 Å². The summed E-state index contributed by atoms with van der Waals surface area (Å²) in [4.78, 5) is 1.18. The van der Waals surface area contributed by atoms with E-state index in [1.165, 1.54) is 4.88 Å². The maximum Gasteiger partial charge on any atom is 0.168 e. The molecule has 0 amide bonds. The van der Waals surface area contributed by atoms with Crippen molar-refractivity contribution in [1.29, 1.82) is 0 Å². The van der Waals surface area contributed by atoms with Crippen LogP contribution in [-0.2, 0) is 6.54 Å². The van der Waals surface area contributed by atoms with Gasteiger partial charge in [0.15, 0.2) is 5.82 Å². The predicted molar refractivity (Wildman–Crippen MR) is 61.5 cm³/mol. The molecule has 2 aromatic heterocycles. The first-order valence-corrected chi connectivity index (χ1v) is 6.09. The van der Waals surface area contributed by atoms with Crippen LogP contribution in [-0.4, -0.2) is 20.2 Å². The minimum atomic E-state index is -0.154. The van der Waals surface area contributed by atoms with Gasteiger partial charge in [0, 0.05) is 9.35 Å². The molecule has 2 N–H and O–H groups in total. The second kappa shape index (κ2) is 4.38. The minimum Gasteiger partial charge on any atom is -0.322 e. The fraction of sp³-hybridized carbons (Fsp3) is 0.375. The number of nitrogens with two attached hydrogens (primary N) is 1. The maximum atomic E-state index is 5.75. The summed E-state index contributed by atoms with van der Waals surface area (Å²) in [6.45, 7) is 2.52. The summed E-state index contributed by atoms with van der Waals surface area (Å²) in [6, 6.07) is 1.86. The van der Waals surface area contributed by atoms with Crippen LogP contribution in [0.3, 0.4) is 0 Å². The quantitative estimate of drug-likeness (QED) is 0.930. The van der Waals surface area contributed by atoms with Gasteiger partial charge in [-0.25, -0.2) is 4.68 Å². The molecule has 2 rings (SSSR count). The number of hydrogen-bond acceptors (Lipinski definition) is 5. The molecule has 7 heteroatoms. The summed E-state index contributed by atoms with van der Waals surface area (Å²) in [7, 11) is 0. The largest absolute Gasteiger partial charge is 0.322 e. The van der Waals surface area contributed by atoms with E-state index in [0.717, 1.165) is 4.47 Å². The van der Waals surface area contributed by atoms with Gasteiger partial charge in [0.05, 0.1) is 12.6 Å². The van der Waals surface area contributed by atoms with E-state index in [0.29, 0.717) is 12.4 Å². The highest BCUT2D eigenvalue weighted by Crippen LogP contribution is 2.23. The Bertz CT molecular complexity index is 449. The molecule has 0 spiro atoms. The van der Waals surface area contributed by atoms with E-state index in [9.17, 15) is 0 Å². The molecule has 1 unspecified atom stereocenters. The molecular formula is C8H10BrN5S. The Kier molecular flexibility index (Phi) is 3.13. The van der Waals surface area contributed by atoms with Crippen LogP contribution in [0.25, 0.3) is 0 Å². The number of hydrogen-bond donors (Lipinski definition) is 1. The molecule has 0 aromatic carbocycles. The lowest BCUT2D eigenvalue weighted by Crippen LogP contribution is -2.14. The van der Waals surface area contributed by atoms with Crippen LogP contribution in [0.15, 0.2) is 15.9 Å². The number of tetrazole rings is 1. The molecule has 0 aliphatic rings. The van der Waals surface area contributed by atoms with Gasteiger partial charge in [-0.1, -0.05) is 0 Å². The summed E-state index contributed by atoms with van der Waals surface area (Å²) in [5, 5.41) is 13.5. The van der Waals surface area contributed by atoms with Crippen LogP contribution < -0.4 is 5.73 Å². The SMILES string of the molecule is CC(N)c1nnnn1Cc1sccc1Br. The Balaban J connectivity index is 2.25. The Hall–Kier alpha value is -0.790. The number of halogens is 1. The molecular weight excluding hydrogens is 278 g/mol. The average Bonchev–Trinajstić information content (AvgIpc) is 2.77. The molecule has 0 aliphatic carbocycles. The van der Waals surface area contributed by atoms with Crippen LogP contribution >= 0.6 is 27.3 Å². The lowest BCUT2D eigenvalue weighted by molar-refractivity contribution is 0.591. The third-order valence-electron chi connectivity index (χ3n) is 1.95. The molecule has 1 atom stereocenters. The normalized spacial score (nSPS) is 13.0. The van der Waals surface area contributed by atoms with Gasteiger partial charge in [-0.3, -0.25) is 0 Å². The standard InChI is InChI=1S/C8H10BrN5S/c1-5(10)8-11-12-13-14(8)4-7-6(9)2-3-15-7/h2-3,5H,4,10H2,1H3. The first-order chi connectivity index (χ1) is 7.18. The van der Waals surface area contributed by atoms with Crippen molar-refractivity contribution in [1.82, 2.24) is 20.2 Å². The summed E-state index contributed by atoms with van der Waals surface area (Å²) in [5.74, 6) is 0.704. The van der Waals surface area contributed by atoms with Crippen LogP contribution in [0.2, 0.25) is 0 Å². The fourth-order valence-corrected chi connectivity index (χ4v) is 2.68. The van der Waals surface area contributed by atoms with E-state index < -0.39 is 0 Å². The first kappa shape index (κ1) is 10.7. The number of thiophene rings is 1. The van der Waals surface area contributed by atoms with Crippen LogP contribution in [0.4, 0.5) is 0 Å². The molecule has 0 bridgehead atoms. The summed E-state index contributed by atoms with van der Waals surface area (Å²) >= 11 is 5.13. The Morgan fingerprint density at radius 1 is 1.67 bits per heavy atom. The Morgan fingerprint density at radius 2 is 2.47 bits per heavy atom. The zero-order chi connectivity index (χ0) is 10.8. The maximum absolute atomic E-state index is 5.75. The van der Waals surface area contributed by atoms with Crippen molar-refractivity contribution in [3.63, 3.8) is 0 Å². The van der Waals surface area contributed by atoms with Crippen molar-refractivity contribution in [2.75, 3.05) is 0 Å². The summed E-state index contributed by atoms with van der Waals surface area (Å²) in [5.41, 5.74) is 5.75. The number of rotatable bonds is 3. The van der Waals surface area contributed by atoms with Crippen molar-refractivity contribution >= 4 is 27.3 Å². The molecule has 0 saturated carbocycles. The zero-order valence-corrected chi connectivity index (χ0v) is 10.5. The lowest BCUT2D eigenvalue weighted by Gasteiger charge is -2.05. The van der Waals surface area contributed by atoms with Gasteiger partial charge in [0.25, 0.3) is 0 Å². The van der Waals surface area contributed by atoms with E-state index in [1.807, 2.05) is 18.4 Å². The van der Waals surface area contributed by atoms with Gasteiger partial charge in [-0.05, 0) is 44.7 Å². The smallest absolute Gasteiger partial charge is 0.168 e. The van der Waals surface area contributed by atoms with Crippen LogP contribution in [0.5, 0.6) is 0 Å². The average molecular weight is 288 g/mol. The van der Waals surface area contributed by atoms with Crippen LogP contribution in [0.1, 0.15) is 23.7 Å². The molecule has 15 heavy (non-hydrogen) atoms. The van der Waals surface area contributed by atoms with E-state index in [2.05, 4.69) is 31.5 Å². The van der Waals surface area contributed by atoms with Crippen molar-refractivity contribution in [2.24, 2.45) is 5.73 Å². The monoisotopic (exact) mass is 287 g/mol. The Morgan fingerprint density at radius 3 is 3.07 bits per heavy atom. The third kappa shape index (κ3) is 2.24. The molecule has 5 nitrogen and oxygen atoms in total.